The van der Waals surface area contributed by atoms with Gasteiger partial charge in [0.1, 0.15) is 0 Å². The Balaban J connectivity index is 2.74. The van der Waals surface area contributed by atoms with Crippen LogP contribution >= 0.6 is 15.9 Å². The zero-order valence-corrected chi connectivity index (χ0v) is 12.9. The lowest BCUT2D eigenvalue weighted by Crippen LogP contribution is -2.13. The van der Waals surface area contributed by atoms with Crippen molar-refractivity contribution in [2.45, 2.75) is 31.6 Å². The Bertz CT molecular complexity index is 559. The van der Waals surface area contributed by atoms with Crippen molar-refractivity contribution in [3.8, 4) is 6.07 Å². The number of benzene rings is 1. The molecule has 0 N–H and O–H groups in total. The Morgan fingerprint density at radius 2 is 1.94 bits per heavy atom. The van der Waals surface area contributed by atoms with E-state index in [1.165, 1.54) is 0 Å². The van der Waals surface area contributed by atoms with E-state index in [-0.39, 0.29) is 5.75 Å². The molecule has 0 aliphatic carbocycles. The van der Waals surface area contributed by atoms with Crippen LogP contribution in [-0.2, 0) is 9.84 Å². The highest BCUT2D eigenvalue weighted by atomic mass is 79.9. The molecule has 0 atom stereocenters. The van der Waals surface area contributed by atoms with Gasteiger partial charge in [0.2, 0.25) is 0 Å². The van der Waals surface area contributed by atoms with Crippen LogP contribution in [0.1, 0.15) is 26.7 Å². The summed E-state index contributed by atoms with van der Waals surface area (Å²) in [6, 6.07) is 8.97. The Kier molecular flexibility index (Phi) is 4.94. The summed E-state index contributed by atoms with van der Waals surface area (Å²) in [4.78, 5) is 0.319. The third kappa shape index (κ3) is 4.11. The zero-order valence-electron chi connectivity index (χ0n) is 10.5. The average Bonchev–Trinajstić information content (AvgIpc) is 2.29. The van der Waals surface area contributed by atoms with Crippen LogP contribution in [0.5, 0.6) is 0 Å². The minimum Gasteiger partial charge on any atom is -0.224 e. The molecule has 0 fully saturated rings. The van der Waals surface area contributed by atoms with Crippen LogP contribution in [0.25, 0.3) is 0 Å². The molecule has 0 radical (unpaired) electrons. The van der Waals surface area contributed by atoms with E-state index >= 15 is 0 Å². The SMILES string of the molecule is CC(C)(C#N)CCCS(=O)(=O)c1ccccc1Br. The second kappa shape index (κ2) is 5.85. The van der Waals surface area contributed by atoms with E-state index in [9.17, 15) is 8.42 Å². The van der Waals surface area contributed by atoms with Crippen molar-refractivity contribution in [2.75, 3.05) is 5.75 Å². The lowest BCUT2D eigenvalue weighted by Gasteiger charge is -2.14. The lowest BCUT2D eigenvalue weighted by atomic mass is 9.90. The Hall–Kier alpha value is -0.860. The first kappa shape index (κ1) is 15.2. The molecule has 18 heavy (non-hydrogen) atoms. The second-order valence-electron chi connectivity index (χ2n) is 4.85. The van der Waals surface area contributed by atoms with Crippen molar-refractivity contribution in [1.82, 2.24) is 0 Å². The van der Waals surface area contributed by atoms with Crippen molar-refractivity contribution in [3.63, 3.8) is 0 Å². The van der Waals surface area contributed by atoms with Crippen molar-refractivity contribution in [1.29, 1.82) is 5.26 Å². The van der Waals surface area contributed by atoms with E-state index in [0.29, 0.717) is 22.2 Å². The van der Waals surface area contributed by atoms with Crippen molar-refractivity contribution < 1.29 is 8.42 Å². The minimum absolute atomic E-state index is 0.0702. The highest BCUT2D eigenvalue weighted by molar-refractivity contribution is 9.10. The molecule has 1 aromatic rings. The maximum absolute atomic E-state index is 12.1. The molecule has 0 spiro atoms. The highest BCUT2D eigenvalue weighted by Crippen LogP contribution is 2.25. The molecule has 0 bridgehead atoms. The van der Waals surface area contributed by atoms with Crippen LogP contribution < -0.4 is 0 Å². The molecule has 0 aliphatic heterocycles. The van der Waals surface area contributed by atoms with Gasteiger partial charge in [0, 0.05) is 4.47 Å². The van der Waals surface area contributed by atoms with Gasteiger partial charge in [-0.3, -0.25) is 0 Å². The van der Waals surface area contributed by atoms with Crippen LogP contribution in [-0.4, -0.2) is 14.2 Å². The van der Waals surface area contributed by atoms with Gasteiger partial charge in [-0.1, -0.05) is 12.1 Å². The van der Waals surface area contributed by atoms with Gasteiger partial charge in [0.15, 0.2) is 9.84 Å². The van der Waals surface area contributed by atoms with Crippen LogP contribution in [0.4, 0.5) is 0 Å². The van der Waals surface area contributed by atoms with Gasteiger partial charge in [-0.2, -0.15) is 5.26 Å². The predicted molar refractivity (Wildman–Crippen MR) is 74.8 cm³/mol. The van der Waals surface area contributed by atoms with Crippen LogP contribution in [0, 0.1) is 16.7 Å². The first-order valence-corrected chi connectivity index (χ1v) is 8.11. The Morgan fingerprint density at radius 1 is 1.33 bits per heavy atom. The largest absolute Gasteiger partial charge is 0.224 e. The second-order valence-corrected chi connectivity index (χ2v) is 7.78. The van der Waals surface area contributed by atoms with Crippen LogP contribution in [0.15, 0.2) is 33.6 Å². The first-order chi connectivity index (χ1) is 8.28. The molecule has 1 aromatic carbocycles. The summed E-state index contributed by atoms with van der Waals surface area (Å²) >= 11 is 3.25. The summed E-state index contributed by atoms with van der Waals surface area (Å²) in [6.07, 6.45) is 1.07. The molecule has 0 heterocycles. The fourth-order valence-electron chi connectivity index (χ4n) is 1.57. The maximum Gasteiger partial charge on any atom is 0.179 e. The van der Waals surface area contributed by atoms with E-state index in [1.807, 2.05) is 13.8 Å². The monoisotopic (exact) mass is 329 g/mol. The van der Waals surface area contributed by atoms with Gasteiger partial charge in [0.25, 0.3) is 0 Å². The van der Waals surface area contributed by atoms with E-state index in [1.54, 1.807) is 24.3 Å². The van der Waals surface area contributed by atoms with Crippen LogP contribution in [0.2, 0.25) is 0 Å². The van der Waals surface area contributed by atoms with Gasteiger partial charge in [-0.15, -0.1) is 0 Å². The van der Waals surface area contributed by atoms with Gasteiger partial charge in [-0.25, -0.2) is 8.42 Å². The molecule has 0 unspecified atom stereocenters. The molecule has 0 aliphatic rings. The number of hydrogen-bond acceptors (Lipinski definition) is 3. The molecule has 0 aromatic heterocycles. The summed E-state index contributed by atoms with van der Waals surface area (Å²) < 4.78 is 24.8. The Labute approximate surface area is 117 Å². The molecule has 5 heteroatoms. The van der Waals surface area contributed by atoms with Crippen molar-refractivity contribution in [3.05, 3.63) is 28.7 Å². The third-order valence-electron chi connectivity index (χ3n) is 2.69. The third-order valence-corrected chi connectivity index (χ3v) is 5.50. The number of nitriles is 1. The van der Waals surface area contributed by atoms with Gasteiger partial charge < -0.3 is 0 Å². The quantitative estimate of drug-likeness (QED) is 0.829. The molecule has 0 saturated heterocycles. The Morgan fingerprint density at radius 3 is 2.50 bits per heavy atom. The summed E-state index contributed by atoms with van der Waals surface area (Å²) in [5.74, 6) is 0.0702. The average molecular weight is 330 g/mol. The topological polar surface area (TPSA) is 57.9 Å². The summed E-state index contributed by atoms with van der Waals surface area (Å²) in [5.41, 5.74) is -0.469. The van der Waals surface area contributed by atoms with Crippen molar-refractivity contribution in [2.24, 2.45) is 5.41 Å². The van der Waals surface area contributed by atoms with Crippen molar-refractivity contribution >= 4 is 25.8 Å². The molecule has 0 saturated carbocycles. The lowest BCUT2D eigenvalue weighted by molar-refractivity contribution is 0.445. The number of nitrogens with zero attached hydrogens (tertiary/aromatic N) is 1. The first-order valence-electron chi connectivity index (χ1n) is 5.67. The van der Waals surface area contributed by atoms with Gasteiger partial charge in [-0.05, 0) is 54.8 Å². The smallest absolute Gasteiger partial charge is 0.179 e. The van der Waals surface area contributed by atoms with E-state index in [2.05, 4.69) is 22.0 Å². The van der Waals surface area contributed by atoms with E-state index < -0.39 is 15.3 Å². The summed E-state index contributed by atoms with van der Waals surface area (Å²) in [5, 5.41) is 8.88. The fourth-order valence-corrected chi connectivity index (χ4v) is 3.99. The molecular formula is C13H16BrNO2S. The maximum atomic E-state index is 12.1. The summed E-state index contributed by atoms with van der Waals surface area (Å²) in [6.45, 7) is 3.64. The standard InChI is InChI=1S/C13H16BrNO2S/c1-13(2,10-15)8-5-9-18(16,17)12-7-4-3-6-11(12)14/h3-4,6-7H,5,8-9H2,1-2H3. The number of sulfone groups is 1. The molecule has 0 amide bonds. The molecule has 1 rings (SSSR count). The number of halogens is 1. The number of hydrogen-bond donors (Lipinski definition) is 0. The minimum atomic E-state index is -3.28. The normalized spacial score (nSPS) is 12.1. The van der Waals surface area contributed by atoms with Gasteiger partial charge >= 0.3 is 0 Å². The van der Waals surface area contributed by atoms with E-state index in [0.717, 1.165) is 0 Å². The summed E-state index contributed by atoms with van der Waals surface area (Å²) in [7, 11) is -3.28. The number of rotatable bonds is 5. The van der Waals surface area contributed by atoms with E-state index in [4.69, 9.17) is 5.26 Å². The van der Waals surface area contributed by atoms with Gasteiger partial charge in [0.05, 0.1) is 22.1 Å². The zero-order chi connectivity index (χ0) is 13.8. The van der Waals surface area contributed by atoms with Crippen LogP contribution in [0.3, 0.4) is 0 Å². The molecule has 3 nitrogen and oxygen atoms in total. The molecular weight excluding hydrogens is 314 g/mol. The molecule has 98 valence electrons. The highest BCUT2D eigenvalue weighted by Gasteiger charge is 2.21. The predicted octanol–water partition coefficient (Wildman–Crippen LogP) is 3.55. The fraction of sp³-hybridized carbons (Fsp3) is 0.462.